The zero-order chi connectivity index (χ0) is 12.8. The van der Waals surface area contributed by atoms with E-state index in [0.29, 0.717) is 12.2 Å². The summed E-state index contributed by atoms with van der Waals surface area (Å²) in [6, 6.07) is 5.63. The molecule has 0 heterocycles. The van der Waals surface area contributed by atoms with E-state index in [4.69, 9.17) is 4.74 Å². The fourth-order valence-electron chi connectivity index (χ4n) is 1.34. The minimum atomic E-state index is -0.469. The second-order valence-electron chi connectivity index (χ2n) is 3.25. The number of halogens is 1. The van der Waals surface area contributed by atoms with Crippen molar-refractivity contribution in [3.8, 4) is 0 Å². The second-order valence-corrected chi connectivity index (χ2v) is 5.34. The van der Waals surface area contributed by atoms with E-state index < -0.39 is 5.97 Å². The summed E-state index contributed by atoms with van der Waals surface area (Å²) in [5.41, 5.74) is 0.595. The van der Waals surface area contributed by atoms with Gasteiger partial charge in [-0.25, -0.2) is 0 Å². The number of benzene rings is 1. The summed E-state index contributed by atoms with van der Waals surface area (Å²) in [7, 11) is 0. The number of hydrogen-bond donors (Lipinski definition) is 0. The van der Waals surface area contributed by atoms with Crippen molar-refractivity contribution in [2.75, 3.05) is 12.9 Å². The predicted octanol–water partition coefficient (Wildman–Crippen LogP) is 3.15. The van der Waals surface area contributed by atoms with E-state index in [9.17, 15) is 9.59 Å². The summed E-state index contributed by atoms with van der Waals surface area (Å²) >= 11 is 3.64. The number of ketones is 1. The molecule has 1 aromatic carbocycles. The van der Waals surface area contributed by atoms with E-state index >= 15 is 0 Å². The maximum atomic E-state index is 11.9. The molecule has 92 valence electrons. The maximum absolute atomic E-state index is 11.9. The zero-order valence-electron chi connectivity index (χ0n) is 9.66. The van der Waals surface area contributed by atoms with Gasteiger partial charge in [0.1, 0.15) is 6.42 Å². The lowest BCUT2D eigenvalue weighted by Gasteiger charge is -2.07. The van der Waals surface area contributed by atoms with E-state index in [2.05, 4.69) is 22.6 Å². The van der Waals surface area contributed by atoms with Crippen molar-refractivity contribution in [2.24, 2.45) is 0 Å². The van der Waals surface area contributed by atoms with Crippen LogP contribution in [0.3, 0.4) is 0 Å². The molecule has 1 aromatic rings. The van der Waals surface area contributed by atoms with Crippen LogP contribution in [0.25, 0.3) is 0 Å². The first kappa shape index (κ1) is 14.5. The Morgan fingerprint density at radius 2 is 2.12 bits per heavy atom. The summed E-state index contributed by atoms with van der Waals surface area (Å²) < 4.78 is 5.75. The summed E-state index contributed by atoms with van der Waals surface area (Å²) in [5.74, 6) is -0.658. The van der Waals surface area contributed by atoms with Gasteiger partial charge in [-0.05, 0) is 54.0 Å². The molecule has 5 heteroatoms. The first-order valence-corrected chi connectivity index (χ1v) is 7.41. The van der Waals surface area contributed by atoms with E-state index in [1.165, 1.54) is 11.8 Å². The van der Waals surface area contributed by atoms with E-state index in [1.807, 2.05) is 18.4 Å². The predicted molar refractivity (Wildman–Crippen MR) is 76.5 cm³/mol. The van der Waals surface area contributed by atoms with Gasteiger partial charge in [-0.2, -0.15) is 0 Å². The van der Waals surface area contributed by atoms with Gasteiger partial charge in [0, 0.05) is 14.0 Å². The van der Waals surface area contributed by atoms with Gasteiger partial charge < -0.3 is 4.74 Å². The molecule has 0 spiro atoms. The molecule has 0 atom stereocenters. The standard InChI is InChI=1S/C12H13IO3S/c1-3-16-12(15)7-10(14)9-6-8(13)4-5-11(9)17-2/h4-6H,3,7H2,1-2H3. The third-order valence-corrected chi connectivity index (χ3v) is 3.54. The highest BCUT2D eigenvalue weighted by molar-refractivity contribution is 14.1. The summed E-state index contributed by atoms with van der Waals surface area (Å²) in [6.07, 6.45) is 1.71. The Bertz CT molecular complexity index is 432. The Labute approximate surface area is 118 Å². The normalized spacial score (nSPS) is 10.1. The first-order chi connectivity index (χ1) is 8.08. The number of ether oxygens (including phenoxy) is 1. The van der Waals surface area contributed by atoms with E-state index in [-0.39, 0.29) is 12.2 Å². The van der Waals surface area contributed by atoms with Crippen LogP contribution in [0.5, 0.6) is 0 Å². The molecule has 0 fully saturated rings. The number of esters is 1. The maximum Gasteiger partial charge on any atom is 0.313 e. The molecule has 0 N–H and O–H groups in total. The number of carbonyl (C=O) groups is 2. The van der Waals surface area contributed by atoms with Gasteiger partial charge in [-0.3, -0.25) is 9.59 Å². The number of thioether (sulfide) groups is 1. The molecule has 0 radical (unpaired) electrons. The highest BCUT2D eigenvalue weighted by Crippen LogP contribution is 2.23. The van der Waals surface area contributed by atoms with Gasteiger partial charge in [0.2, 0.25) is 0 Å². The number of rotatable bonds is 5. The molecule has 0 aliphatic carbocycles. The Morgan fingerprint density at radius 1 is 1.41 bits per heavy atom. The van der Waals surface area contributed by atoms with Crippen LogP contribution in [0, 0.1) is 3.57 Å². The molecular weight excluding hydrogens is 351 g/mol. The molecular formula is C12H13IO3S. The fraction of sp³-hybridized carbons (Fsp3) is 0.333. The van der Waals surface area contributed by atoms with Gasteiger partial charge in [0.15, 0.2) is 5.78 Å². The summed E-state index contributed by atoms with van der Waals surface area (Å²) in [6.45, 7) is 2.02. The molecule has 0 saturated carbocycles. The van der Waals surface area contributed by atoms with Crippen LogP contribution in [0.4, 0.5) is 0 Å². The van der Waals surface area contributed by atoms with Crippen LogP contribution in [0.2, 0.25) is 0 Å². The van der Waals surface area contributed by atoms with Crippen molar-refractivity contribution in [2.45, 2.75) is 18.2 Å². The number of Topliss-reactive ketones (excluding diaryl/α,β-unsaturated/α-hetero) is 1. The lowest BCUT2D eigenvalue weighted by molar-refractivity contribution is -0.141. The Hall–Kier alpha value is -0.560. The average Bonchev–Trinajstić information content (AvgIpc) is 2.29. The molecule has 0 amide bonds. The van der Waals surface area contributed by atoms with Crippen molar-refractivity contribution in [1.82, 2.24) is 0 Å². The molecule has 17 heavy (non-hydrogen) atoms. The largest absolute Gasteiger partial charge is 0.466 e. The molecule has 0 bridgehead atoms. The van der Waals surface area contributed by atoms with Gasteiger partial charge in [-0.1, -0.05) is 0 Å². The SMILES string of the molecule is CCOC(=O)CC(=O)c1cc(I)ccc1SC. The summed E-state index contributed by atoms with van der Waals surface area (Å²) in [5, 5.41) is 0. The first-order valence-electron chi connectivity index (χ1n) is 5.10. The van der Waals surface area contributed by atoms with Crippen LogP contribution in [-0.2, 0) is 9.53 Å². The van der Waals surface area contributed by atoms with Crippen LogP contribution in [0.1, 0.15) is 23.7 Å². The minimum Gasteiger partial charge on any atom is -0.466 e. The van der Waals surface area contributed by atoms with Crippen LogP contribution < -0.4 is 0 Å². The molecule has 3 nitrogen and oxygen atoms in total. The third kappa shape index (κ3) is 4.31. The number of carbonyl (C=O) groups excluding carboxylic acids is 2. The van der Waals surface area contributed by atoms with E-state index in [1.54, 1.807) is 13.0 Å². The molecule has 0 aromatic heterocycles. The monoisotopic (exact) mass is 364 g/mol. The van der Waals surface area contributed by atoms with Gasteiger partial charge in [0.25, 0.3) is 0 Å². The van der Waals surface area contributed by atoms with Gasteiger partial charge in [0.05, 0.1) is 6.61 Å². The van der Waals surface area contributed by atoms with Gasteiger partial charge >= 0.3 is 5.97 Å². The molecule has 0 saturated heterocycles. The van der Waals surface area contributed by atoms with Crippen LogP contribution >= 0.6 is 34.4 Å². The zero-order valence-corrected chi connectivity index (χ0v) is 12.6. The van der Waals surface area contributed by atoms with Gasteiger partial charge in [-0.15, -0.1) is 11.8 Å². The van der Waals surface area contributed by atoms with Crippen molar-refractivity contribution in [3.63, 3.8) is 0 Å². The minimum absolute atomic E-state index is 0.189. The van der Waals surface area contributed by atoms with Crippen LogP contribution in [0.15, 0.2) is 23.1 Å². The van der Waals surface area contributed by atoms with Crippen molar-refractivity contribution < 1.29 is 14.3 Å². The van der Waals surface area contributed by atoms with Crippen molar-refractivity contribution >= 4 is 46.1 Å². The lowest BCUT2D eigenvalue weighted by atomic mass is 10.1. The smallest absolute Gasteiger partial charge is 0.313 e. The third-order valence-electron chi connectivity index (χ3n) is 2.07. The lowest BCUT2D eigenvalue weighted by Crippen LogP contribution is -2.12. The molecule has 1 rings (SSSR count). The highest BCUT2D eigenvalue weighted by Gasteiger charge is 2.16. The number of hydrogen-bond acceptors (Lipinski definition) is 4. The molecule has 0 aliphatic rings. The van der Waals surface area contributed by atoms with Crippen LogP contribution in [-0.4, -0.2) is 24.6 Å². The fourth-order valence-corrected chi connectivity index (χ4v) is 2.42. The van der Waals surface area contributed by atoms with Crippen molar-refractivity contribution in [3.05, 3.63) is 27.3 Å². The van der Waals surface area contributed by atoms with Crippen molar-refractivity contribution in [1.29, 1.82) is 0 Å². The quantitative estimate of drug-likeness (QED) is 0.265. The Kier molecular flexibility index (Phi) is 5.97. The molecule has 0 unspecified atom stereocenters. The topological polar surface area (TPSA) is 43.4 Å². The summed E-state index contributed by atoms with van der Waals surface area (Å²) in [4.78, 5) is 24.1. The molecule has 0 aliphatic heterocycles. The highest BCUT2D eigenvalue weighted by atomic mass is 127. The van der Waals surface area contributed by atoms with E-state index in [0.717, 1.165) is 8.47 Å². The second kappa shape index (κ2) is 7.00. The Balaban J connectivity index is 2.87. The average molecular weight is 364 g/mol. The Morgan fingerprint density at radius 3 is 2.71 bits per heavy atom.